The Morgan fingerprint density at radius 1 is 1.13 bits per heavy atom. The molecule has 0 rings (SSSR count). The third kappa shape index (κ3) is 7.23. The molecule has 0 aromatic heterocycles. The molecule has 0 aliphatic heterocycles. The zero-order valence-corrected chi connectivity index (χ0v) is 10.8. The Bertz CT molecular complexity index is 166. The number of hydrogen-bond acceptors (Lipinski definition) is 1. The third-order valence-corrected chi connectivity index (χ3v) is 2.32. The molecule has 0 spiro atoms. The molecule has 0 radical (unpaired) electrons. The second-order valence-electron chi connectivity index (χ2n) is 3.86. The molecule has 0 aromatic rings. The van der Waals surface area contributed by atoms with E-state index in [1.807, 2.05) is 0 Å². The van der Waals surface area contributed by atoms with Gasteiger partial charge in [-0.2, -0.15) is 0 Å². The van der Waals surface area contributed by atoms with Gasteiger partial charge in [0.1, 0.15) is 0 Å². The predicted octanol–water partition coefficient (Wildman–Crippen LogP) is 2.48. The van der Waals surface area contributed by atoms with Crippen molar-refractivity contribution >= 4 is 5.96 Å². The molecule has 90 valence electrons. The molecule has 0 fully saturated rings. The molecule has 0 heterocycles. The SMILES string of the molecule is CCCCN=C(NCC)N(C)CCCC. The Balaban J connectivity index is 4.04. The molecule has 0 bridgehead atoms. The zero-order valence-electron chi connectivity index (χ0n) is 10.8. The Kier molecular flexibility index (Phi) is 9.33. The maximum atomic E-state index is 4.59. The van der Waals surface area contributed by atoms with Crippen LogP contribution >= 0.6 is 0 Å². The third-order valence-electron chi connectivity index (χ3n) is 2.32. The molecule has 0 aliphatic carbocycles. The molecule has 0 saturated heterocycles. The number of guanidine groups is 1. The summed E-state index contributed by atoms with van der Waals surface area (Å²) < 4.78 is 0. The van der Waals surface area contributed by atoms with Gasteiger partial charge in [-0.1, -0.05) is 26.7 Å². The standard InChI is InChI=1S/C12H27N3/c1-5-8-10-14-12(13-7-3)15(4)11-9-6-2/h5-11H2,1-4H3,(H,13,14). The summed E-state index contributed by atoms with van der Waals surface area (Å²) in [5.74, 6) is 1.06. The summed E-state index contributed by atoms with van der Waals surface area (Å²) in [6, 6.07) is 0. The molecule has 0 aliphatic rings. The summed E-state index contributed by atoms with van der Waals surface area (Å²) in [7, 11) is 2.11. The normalized spacial score (nSPS) is 11.6. The lowest BCUT2D eigenvalue weighted by Crippen LogP contribution is -2.39. The lowest BCUT2D eigenvalue weighted by molar-refractivity contribution is 0.464. The predicted molar refractivity (Wildman–Crippen MR) is 68.4 cm³/mol. The lowest BCUT2D eigenvalue weighted by Gasteiger charge is -2.21. The Hall–Kier alpha value is -0.730. The van der Waals surface area contributed by atoms with Crippen molar-refractivity contribution in [2.45, 2.75) is 46.5 Å². The number of hydrogen-bond donors (Lipinski definition) is 1. The van der Waals surface area contributed by atoms with Gasteiger partial charge in [-0.3, -0.25) is 4.99 Å². The van der Waals surface area contributed by atoms with Crippen molar-refractivity contribution in [1.29, 1.82) is 0 Å². The van der Waals surface area contributed by atoms with E-state index < -0.39 is 0 Å². The maximum absolute atomic E-state index is 4.59. The summed E-state index contributed by atoms with van der Waals surface area (Å²) in [5.41, 5.74) is 0. The average Bonchev–Trinajstić information content (AvgIpc) is 2.25. The van der Waals surface area contributed by atoms with E-state index in [-0.39, 0.29) is 0 Å². The molecule has 15 heavy (non-hydrogen) atoms. The van der Waals surface area contributed by atoms with Crippen LogP contribution in [-0.2, 0) is 0 Å². The van der Waals surface area contributed by atoms with Crippen LogP contribution in [0.4, 0.5) is 0 Å². The van der Waals surface area contributed by atoms with Crippen LogP contribution in [0.2, 0.25) is 0 Å². The van der Waals surface area contributed by atoms with Gasteiger partial charge in [-0.25, -0.2) is 0 Å². The molecule has 0 aromatic carbocycles. The second-order valence-corrected chi connectivity index (χ2v) is 3.86. The first kappa shape index (κ1) is 14.3. The minimum Gasteiger partial charge on any atom is -0.357 e. The summed E-state index contributed by atoms with van der Waals surface area (Å²) in [5, 5.41) is 3.33. The van der Waals surface area contributed by atoms with Crippen LogP contribution in [0.3, 0.4) is 0 Å². The Morgan fingerprint density at radius 3 is 2.33 bits per heavy atom. The molecular weight excluding hydrogens is 186 g/mol. The van der Waals surface area contributed by atoms with Gasteiger partial charge in [0.25, 0.3) is 0 Å². The summed E-state index contributed by atoms with van der Waals surface area (Å²) in [6.45, 7) is 9.51. The Morgan fingerprint density at radius 2 is 1.80 bits per heavy atom. The van der Waals surface area contributed by atoms with Gasteiger partial charge in [0.15, 0.2) is 5.96 Å². The fraction of sp³-hybridized carbons (Fsp3) is 0.917. The summed E-state index contributed by atoms with van der Waals surface area (Å²) in [4.78, 5) is 6.81. The number of rotatable bonds is 7. The van der Waals surface area contributed by atoms with Crippen LogP contribution in [0.25, 0.3) is 0 Å². The van der Waals surface area contributed by atoms with Crippen molar-refractivity contribution in [3.63, 3.8) is 0 Å². The first-order valence-electron chi connectivity index (χ1n) is 6.25. The van der Waals surface area contributed by atoms with E-state index in [0.29, 0.717) is 0 Å². The molecule has 0 atom stereocenters. The van der Waals surface area contributed by atoms with Gasteiger partial charge in [0.05, 0.1) is 0 Å². The van der Waals surface area contributed by atoms with E-state index >= 15 is 0 Å². The quantitative estimate of drug-likeness (QED) is 0.400. The van der Waals surface area contributed by atoms with Gasteiger partial charge in [0, 0.05) is 26.7 Å². The first-order chi connectivity index (χ1) is 7.26. The average molecular weight is 213 g/mol. The largest absolute Gasteiger partial charge is 0.357 e. The minimum atomic E-state index is 0.940. The number of nitrogens with one attached hydrogen (secondary N) is 1. The first-order valence-corrected chi connectivity index (χ1v) is 6.25. The van der Waals surface area contributed by atoms with Crippen LogP contribution in [0.5, 0.6) is 0 Å². The van der Waals surface area contributed by atoms with Crippen molar-refractivity contribution in [2.75, 3.05) is 26.7 Å². The molecule has 3 nitrogen and oxygen atoms in total. The van der Waals surface area contributed by atoms with Crippen LogP contribution in [0, 0.1) is 0 Å². The molecule has 1 N–H and O–H groups in total. The topological polar surface area (TPSA) is 27.6 Å². The number of unbranched alkanes of at least 4 members (excludes halogenated alkanes) is 2. The molecular formula is C12H27N3. The maximum Gasteiger partial charge on any atom is 0.193 e. The van der Waals surface area contributed by atoms with Crippen LogP contribution in [0.15, 0.2) is 4.99 Å². The van der Waals surface area contributed by atoms with Crippen molar-refractivity contribution in [3.8, 4) is 0 Å². The molecule has 0 saturated carbocycles. The van der Waals surface area contributed by atoms with Crippen molar-refractivity contribution < 1.29 is 0 Å². The lowest BCUT2D eigenvalue weighted by atomic mass is 10.3. The Labute approximate surface area is 95.0 Å². The van der Waals surface area contributed by atoms with E-state index in [1.54, 1.807) is 0 Å². The zero-order chi connectivity index (χ0) is 11.5. The fourth-order valence-electron chi connectivity index (χ4n) is 1.31. The van der Waals surface area contributed by atoms with Gasteiger partial charge < -0.3 is 10.2 Å². The highest BCUT2D eigenvalue weighted by molar-refractivity contribution is 5.79. The van der Waals surface area contributed by atoms with Gasteiger partial charge in [-0.15, -0.1) is 0 Å². The van der Waals surface area contributed by atoms with E-state index in [2.05, 4.69) is 43.0 Å². The second kappa shape index (κ2) is 9.81. The summed E-state index contributed by atoms with van der Waals surface area (Å²) >= 11 is 0. The molecule has 3 heteroatoms. The highest BCUT2D eigenvalue weighted by Gasteiger charge is 2.03. The van der Waals surface area contributed by atoms with E-state index in [4.69, 9.17) is 0 Å². The van der Waals surface area contributed by atoms with E-state index in [0.717, 1.165) is 25.6 Å². The van der Waals surface area contributed by atoms with Crippen molar-refractivity contribution in [2.24, 2.45) is 4.99 Å². The van der Waals surface area contributed by atoms with Crippen molar-refractivity contribution in [3.05, 3.63) is 0 Å². The van der Waals surface area contributed by atoms with Crippen LogP contribution in [-0.4, -0.2) is 37.5 Å². The van der Waals surface area contributed by atoms with E-state index in [9.17, 15) is 0 Å². The van der Waals surface area contributed by atoms with Gasteiger partial charge >= 0.3 is 0 Å². The smallest absolute Gasteiger partial charge is 0.193 e. The summed E-state index contributed by atoms with van der Waals surface area (Å²) in [6.07, 6.45) is 4.85. The van der Waals surface area contributed by atoms with E-state index in [1.165, 1.54) is 25.7 Å². The minimum absolute atomic E-state index is 0.940. The highest BCUT2D eigenvalue weighted by Crippen LogP contribution is 1.94. The number of nitrogens with zero attached hydrogens (tertiary/aromatic N) is 2. The fourth-order valence-corrected chi connectivity index (χ4v) is 1.31. The highest BCUT2D eigenvalue weighted by atomic mass is 15.3. The van der Waals surface area contributed by atoms with Gasteiger partial charge in [0.2, 0.25) is 0 Å². The molecule has 0 unspecified atom stereocenters. The van der Waals surface area contributed by atoms with Crippen LogP contribution < -0.4 is 5.32 Å². The van der Waals surface area contributed by atoms with Gasteiger partial charge in [-0.05, 0) is 19.8 Å². The van der Waals surface area contributed by atoms with Crippen molar-refractivity contribution in [1.82, 2.24) is 10.2 Å². The van der Waals surface area contributed by atoms with Crippen LogP contribution in [0.1, 0.15) is 46.5 Å². The molecule has 0 amide bonds. The number of aliphatic imine (C=N–C) groups is 1. The monoisotopic (exact) mass is 213 g/mol.